The molecule has 0 heterocycles. The molecule has 0 nitrogen and oxygen atoms in total. The predicted octanol–water partition coefficient (Wildman–Crippen LogP) is 5.20. The average Bonchev–Trinajstić information content (AvgIpc) is 2.38. The lowest BCUT2D eigenvalue weighted by Crippen LogP contribution is -2.04. The van der Waals surface area contributed by atoms with E-state index in [1.807, 2.05) is 30.3 Å². The van der Waals surface area contributed by atoms with Crippen LogP contribution in [0.3, 0.4) is 0 Å². The molecular formula is C15H13BrClF. The molecular weight excluding hydrogens is 315 g/mol. The zero-order valence-corrected chi connectivity index (χ0v) is 12.1. The van der Waals surface area contributed by atoms with E-state index >= 15 is 0 Å². The van der Waals surface area contributed by atoms with Crippen LogP contribution < -0.4 is 0 Å². The maximum absolute atomic E-state index is 13.2. The Kier molecular flexibility index (Phi) is 4.79. The molecule has 0 spiro atoms. The Labute approximate surface area is 120 Å². The van der Waals surface area contributed by atoms with E-state index in [4.69, 9.17) is 11.6 Å². The quantitative estimate of drug-likeness (QED) is 0.677. The van der Waals surface area contributed by atoms with E-state index in [1.165, 1.54) is 11.6 Å². The second-order valence-electron chi connectivity index (χ2n) is 4.24. The lowest BCUT2D eigenvalue weighted by molar-refractivity contribution is 0.621. The maximum atomic E-state index is 13.2. The van der Waals surface area contributed by atoms with Gasteiger partial charge < -0.3 is 0 Å². The summed E-state index contributed by atoms with van der Waals surface area (Å²) in [5.74, 6) is 0.0800. The molecule has 0 N–H and O–H groups in total. The number of hydrogen-bond acceptors (Lipinski definition) is 0. The minimum atomic E-state index is -0.186. The van der Waals surface area contributed by atoms with Crippen molar-refractivity contribution in [3.8, 4) is 0 Å². The minimum absolute atomic E-state index is 0.186. The van der Waals surface area contributed by atoms with Crippen LogP contribution in [0.15, 0.2) is 48.5 Å². The van der Waals surface area contributed by atoms with E-state index in [9.17, 15) is 4.39 Å². The second kappa shape index (κ2) is 6.35. The fourth-order valence-electron chi connectivity index (χ4n) is 1.93. The fraction of sp³-hybridized carbons (Fsp3) is 0.200. The van der Waals surface area contributed by atoms with Gasteiger partial charge in [-0.2, -0.15) is 0 Å². The molecule has 0 radical (unpaired) electrons. The summed E-state index contributed by atoms with van der Waals surface area (Å²) in [6.45, 7) is 0. The van der Waals surface area contributed by atoms with Crippen molar-refractivity contribution in [1.82, 2.24) is 0 Å². The van der Waals surface area contributed by atoms with E-state index in [0.29, 0.717) is 0 Å². The molecule has 18 heavy (non-hydrogen) atoms. The summed E-state index contributed by atoms with van der Waals surface area (Å²) in [7, 11) is 0. The highest BCUT2D eigenvalue weighted by Crippen LogP contribution is 2.24. The van der Waals surface area contributed by atoms with Crippen molar-refractivity contribution in [2.45, 2.75) is 12.3 Å². The van der Waals surface area contributed by atoms with Crippen molar-refractivity contribution in [1.29, 1.82) is 0 Å². The summed E-state index contributed by atoms with van der Waals surface area (Å²) < 4.78 is 13.2. The third-order valence-corrected chi connectivity index (χ3v) is 3.94. The molecule has 1 unspecified atom stereocenters. The highest BCUT2D eigenvalue weighted by molar-refractivity contribution is 9.09. The molecule has 2 rings (SSSR count). The minimum Gasteiger partial charge on any atom is -0.207 e. The smallest absolute Gasteiger partial charge is 0.123 e. The van der Waals surface area contributed by atoms with E-state index in [0.717, 1.165) is 22.3 Å². The third-order valence-electron chi connectivity index (χ3n) is 2.90. The molecule has 0 aromatic heterocycles. The van der Waals surface area contributed by atoms with E-state index in [-0.39, 0.29) is 11.7 Å². The monoisotopic (exact) mass is 326 g/mol. The van der Waals surface area contributed by atoms with Gasteiger partial charge in [-0.3, -0.25) is 0 Å². The summed E-state index contributed by atoms with van der Waals surface area (Å²) in [5.41, 5.74) is 2.22. The molecule has 0 saturated heterocycles. The number of alkyl halides is 1. The topological polar surface area (TPSA) is 0 Å². The van der Waals surface area contributed by atoms with Gasteiger partial charge in [-0.1, -0.05) is 51.8 Å². The number of rotatable bonds is 4. The zero-order chi connectivity index (χ0) is 13.0. The summed E-state index contributed by atoms with van der Waals surface area (Å²) in [6, 6.07) is 14.6. The Hall–Kier alpha value is -0.860. The lowest BCUT2D eigenvalue weighted by atomic mass is 9.94. The van der Waals surface area contributed by atoms with Gasteiger partial charge >= 0.3 is 0 Å². The molecule has 0 aliphatic carbocycles. The molecule has 0 aliphatic heterocycles. The molecule has 3 heteroatoms. The van der Waals surface area contributed by atoms with Gasteiger partial charge in [0.15, 0.2) is 0 Å². The fourth-order valence-corrected chi connectivity index (χ4v) is 2.66. The third kappa shape index (κ3) is 3.56. The first-order valence-corrected chi connectivity index (χ1v) is 7.25. The van der Waals surface area contributed by atoms with Gasteiger partial charge in [0, 0.05) is 10.4 Å². The van der Waals surface area contributed by atoms with Crippen LogP contribution in [-0.2, 0) is 6.42 Å². The second-order valence-corrected chi connectivity index (χ2v) is 5.32. The Morgan fingerprint density at radius 1 is 1.11 bits per heavy atom. The lowest BCUT2D eigenvalue weighted by Gasteiger charge is -2.14. The van der Waals surface area contributed by atoms with Gasteiger partial charge in [-0.25, -0.2) is 4.39 Å². The Morgan fingerprint density at radius 2 is 1.83 bits per heavy atom. The highest BCUT2D eigenvalue weighted by Gasteiger charge is 2.11. The molecule has 0 fully saturated rings. The van der Waals surface area contributed by atoms with Crippen LogP contribution in [0.2, 0.25) is 5.02 Å². The van der Waals surface area contributed by atoms with Crippen molar-refractivity contribution >= 4 is 27.5 Å². The van der Waals surface area contributed by atoms with E-state index < -0.39 is 0 Å². The van der Waals surface area contributed by atoms with Crippen molar-refractivity contribution in [3.05, 3.63) is 70.5 Å². The van der Waals surface area contributed by atoms with Gasteiger partial charge in [-0.15, -0.1) is 0 Å². The van der Waals surface area contributed by atoms with Gasteiger partial charge in [0.2, 0.25) is 0 Å². The average molecular weight is 328 g/mol. The summed E-state index contributed by atoms with van der Waals surface area (Å²) in [5, 5.41) is 1.54. The Morgan fingerprint density at radius 3 is 2.44 bits per heavy atom. The van der Waals surface area contributed by atoms with Crippen LogP contribution in [0.1, 0.15) is 17.0 Å². The Balaban J connectivity index is 2.17. The maximum Gasteiger partial charge on any atom is 0.123 e. The predicted molar refractivity (Wildman–Crippen MR) is 78.1 cm³/mol. The number of halogens is 3. The van der Waals surface area contributed by atoms with E-state index in [1.54, 1.807) is 12.1 Å². The molecule has 0 saturated carbocycles. The van der Waals surface area contributed by atoms with Crippen LogP contribution in [-0.4, -0.2) is 5.33 Å². The molecule has 2 aromatic carbocycles. The van der Waals surface area contributed by atoms with Crippen LogP contribution in [0.4, 0.5) is 4.39 Å². The van der Waals surface area contributed by atoms with Gasteiger partial charge in [0.1, 0.15) is 5.82 Å². The van der Waals surface area contributed by atoms with Crippen LogP contribution in [0, 0.1) is 5.82 Å². The van der Waals surface area contributed by atoms with Gasteiger partial charge in [0.05, 0.1) is 0 Å². The molecule has 94 valence electrons. The molecule has 2 aromatic rings. The summed E-state index contributed by atoms with van der Waals surface area (Å²) in [4.78, 5) is 0. The first kappa shape index (κ1) is 13.6. The van der Waals surface area contributed by atoms with Crippen LogP contribution in [0.25, 0.3) is 0 Å². The zero-order valence-electron chi connectivity index (χ0n) is 9.74. The van der Waals surface area contributed by atoms with Crippen molar-refractivity contribution in [2.75, 3.05) is 5.33 Å². The first-order valence-electron chi connectivity index (χ1n) is 5.75. The largest absolute Gasteiger partial charge is 0.207 e. The van der Waals surface area contributed by atoms with Gasteiger partial charge in [0.25, 0.3) is 0 Å². The number of benzene rings is 2. The molecule has 0 bridgehead atoms. The summed E-state index contributed by atoms with van der Waals surface area (Å²) >= 11 is 9.36. The molecule has 1 atom stereocenters. The summed E-state index contributed by atoms with van der Waals surface area (Å²) in [6.07, 6.45) is 0.867. The Bertz CT molecular complexity index is 510. The van der Waals surface area contributed by atoms with Crippen molar-refractivity contribution in [3.63, 3.8) is 0 Å². The SMILES string of the molecule is Fc1cccc(C(CBr)Cc2ccc(Cl)cc2)c1. The first-order chi connectivity index (χ1) is 8.69. The van der Waals surface area contributed by atoms with Crippen LogP contribution in [0.5, 0.6) is 0 Å². The van der Waals surface area contributed by atoms with Crippen molar-refractivity contribution < 1.29 is 4.39 Å². The normalized spacial score (nSPS) is 12.4. The number of hydrogen-bond donors (Lipinski definition) is 0. The van der Waals surface area contributed by atoms with Crippen molar-refractivity contribution in [2.24, 2.45) is 0 Å². The van der Waals surface area contributed by atoms with Gasteiger partial charge in [-0.05, 0) is 47.7 Å². The van der Waals surface area contributed by atoms with Crippen LogP contribution >= 0.6 is 27.5 Å². The molecule has 0 amide bonds. The highest BCUT2D eigenvalue weighted by atomic mass is 79.9. The molecule has 0 aliphatic rings. The van der Waals surface area contributed by atoms with E-state index in [2.05, 4.69) is 15.9 Å². The standard InChI is InChI=1S/C15H13BrClF/c16-10-13(12-2-1-3-15(18)9-12)8-11-4-6-14(17)7-5-11/h1-7,9,13H,8,10H2.